The Morgan fingerprint density at radius 3 is 2.81 bits per heavy atom. The molecule has 0 unspecified atom stereocenters. The van der Waals surface area contributed by atoms with Crippen LogP contribution in [0.3, 0.4) is 0 Å². The summed E-state index contributed by atoms with van der Waals surface area (Å²) in [5, 5.41) is 3.20. The maximum atomic E-state index is 13.5. The summed E-state index contributed by atoms with van der Waals surface area (Å²) in [7, 11) is 0. The van der Waals surface area contributed by atoms with E-state index in [0.717, 1.165) is 11.4 Å². The lowest BCUT2D eigenvalue weighted by atomic mass is 10.0. The van der Waals surface area contributed by atoms with E-state index in [4.69, 9.17) is 0 Å². The van der Waals surface area contributed by atoms with Crippen LogP contribution in [-0.2, 0) is 17.8 Å². The molecule has 26 heavy (non-hydrogen) atoms. The second-order valence-corrected chi connectivity index (χ2v) is 6.48. The number of pyridine rings is 1. The highest BCUT2D eigenvalue weighted by Gasteiger charge is 2.22. The number of hydrogen-bond donors (Lipinski definition) is 2. The summed E-state index contributed by atoms with van der Waals surface area (Å²) in [5.74, 6) is -0.555. The first-order valence-corrected chi connectivity index (χ1v) is 8.51. The minimum atomic E-state index is -0.433. The fourth-order valence-corrected chi connectivity index (χ4v) is 3.36. The lowest BCUT2D eigenvalue weighted by molar-refractivity contribution is -0.117. The maximum Gasteiger partial charge on any atom is 0.238 e. The van der Waals surface area contributed by atoms with Crippen LogP contribution in [0.1, 0.15) is 11.3 Å². The number of carbonyl (C=O) groups is 1. The SMILES string of the molecule is O=C(CN1CCc2[nH]c3ccc(F)cc3c(=O)c2C1)Nc1ccccc1. The Morgan fingerprint density at radius 2 is 2.00 bits per heavy atom. The molecule has 6 heteroatoms. The number of halogens is 1. The first-order chi connectivity index (χ1) is 12.6. The zero-order valence-corrected chi connectivity index (χ0v) is 14.1. The molecule has 0 aliphatic carbocycles. The zero-order chi connectivity index (χ0) is 18.1. The van der Waals surface area contributed by atoms with Crippen molar-refractivity contribution < 1.29 is 9.18 Å². The normalized spacial score (nSPS) is 14.2. The highest BCUT2D eigenvalue weighted by molar-refractivity contribution is 5.92. The summed E-state index contributed by atoms with van der Waals surface area (Å²) < 4.78 is 13.5. The Labute approximate surface area is 149 Å². The fourth-order valence-electron chi connectivity index (χ4n) is 3.36. The Kier molecular flexibility index (Phi) is 4.26. The molecular formula is C20H18FN3O2. The van der Waals surface area contributed by atoms with E-state index in [2.05, 4.69) is 10.3 Å². The van der Waals surface area contributed by atoms with Crippen molar-refractivity contribution in [1.82, 2.24) is 9.88 Å². The molecule has 2 heterocycles. The molecule has 4 rings (SSSR count). The Bertz CT molecular complexity index is 1030. The molecule has 1 aliphatic heterocycles. The largest absolute Gasteiger partial charge is 0.358 e. The van der Waals surface area contributed by atoms with Crippen molar-refractivity contribution in [2.24, 2.45) is 0 Å². The van der Waals surface area contributed by atoms with E-state index in [1.165, 1.54) is 12.1 Å². The number of aromatic amines is 1. The first kappa shape index (κ1) is 16.5. The molecule has 0 saturated carbocycles. The number of anilines is 1. The summed E-state index contributed by atoms with van der Waals surface area (Å²) in [6.07, 6.45) is 0.649. The van der Waals surface area contributed by atoms with E-state index in [1.54, 1.807) is 6.07 Å². The van der Waals surface area contributed by atoms with Crippen LogP contribution in [0.4, 0.5) is 10.1 Å². The number of fused-ring (bicyclic) bond motifs is 2. The van der Waals surface area contributed by atoms with Gasteiger partial charge in [0.2, 0.25) is 5.91 Å². The topological polar surface area (TPSA) is 65.2 Å². The minimum Gasteiger partial charge on any atom is -0.358 e. The number of para-hydroxylation sites is 1. The van der Waals surface area contributed by atoms with Crippen molar-refractivity contribution in [3.63, 3.8) is 0 Å². The smallest absolute Gasteiger partial charge is 0.238 e. The van der Waals surface area contributed by atoms with Crippen LogP contribution in [0.5, 0.6) is 0 Å². The molecule has 1 aliphatic rings. The van der Waals surface area contributed by atoms with Crippen molar-refractivity contribution in [2.45, 2.75) is 13.0 Å². The maximum absolute atomic E-state index is 13.5. The van der Waals surface area contributed by atoms with Crippen LogP contribution in [0.15, 0.2) is 53.3 Å². The lowest BCUT2D eigenvalue weighted by Gasteiger charge is -2.27. The van der Waals surface area contributed by atoms with E-state index < -0.39 is 5.82 Å². The van der Waals surface area contributed by atoms with Crippen LogP contribution in [0.25, 0.3) is 10.9 Å². The lowest BCUT2D eigenvalue weighted by Crippen LogP contribution is -2.39. The van der Waals surface area contributed by atoms with Gasteiger partial charge in [-0.3, -0.25) is 14.5 Å². The summed E-state index contributed by atoms with van der Waals surface area (Å²) in [6, 6.07) is 13.4. The number of aromatic nitrogens is 1. The van der Waals surface area contributed by atoms with Gasteiger partial charge in [-0.2, -0.15) is 0 Å². The van der Waals surface area contributed by atoms with Gasteiger partial charge in [0.25, 0.3) is 0 Å². The molecule has 0 atom stereocenters. The average molecular weight is 351 g/mol. The van der Waals surface area contributed by atoms with E-state index in [-0.39, 0.29) is 17.9 Å². The quantitative estimate of drug-likeness (QED) is 0.762. The van der Waals surface area contributed by atoms with Crippen molar-refractivity contribution in [3.8, 4) is 0 Å². The molecule has 0 fully saturated rings. The predicted octanol–water partition coefficient (Wildman–Crippen LogP) is 2.66. The van der Waals surface area contributed by atoms with Gasteiger partial charge in [-0.15, -0.1) is 0 Å². The second-order valence-electron chi connectivity index (χ2n) is 6.48. The molecule has 2 aromatic carbocycles. The third kappa shape index (κ3) is 3.23. The molecule has 1 amide bonds. The van der Waals surface area contributed by atoms with Gasteiger partial charge in [0.15, 0.2) is 5.43 Å². The molecule has 5 nitrogen and oxygen atoms in total. The van der Waals surface area contributed by atoms with E-state index in [1.807, 2.05) is 35.2 Å². The van der Waals surface area contributed by atoms with E-state index >= 15 is 0 Å². The Morgan fingerprint density at radius 1 is 1.19 bits per heavy atom. The Balaban J connectivity index is 1.54. The summed E-state index contributed by atoms with van der Waals surface area (Å²) >= 11 is 0. The number of H-pyrrole nitrogens is 1. The van der Waals surface area contributed by atoms with E-state index in [0.29, 0.717) is 36.0 Å². The monoisotopic (exact) mass is 351 g/mol. The number of benzene rings is 2. The highest BCUT2D eigenvalue weighted by Crippen LogP contribution is 2.19. The average Bonchev–Trinajstić information content (AvgIpc) is 2.64. The number of carbonyl (C=O) groups excluding carboxylic acids is 1. The second kappa shape index (κ2) is 6.72. The first-order valence-electron chi connectivity index (χ1n) is 8.51. The molecule has 3 aromatic rings. The van der Waals surface area contributed by atoms with Crippen molar-refractivity contribution in [2.75, 3.05) is 18.4 Å². The third-order valence-electron chi connectivity index (χ3n) is 4.63. The van der Waals surface area contributed by atoms with Gasteiger partial charge in [-0.25, -0.2) is 4.39 Å². The van der Waals surface area contributed by atoms with Crippen LogP contribution < -0.4 is 10.7 Å². The third-order valence-corrected chi connectivity index (χ3v) is 4.63. The standard InChI is InChI=1S/C20H18FN3O2/c21-13-6-7-17-15(10-13)20(26)16-11-24(9-8-18(16)23-17)12-19(25)22-14-4-2-1-3-5-14/h1-7,10H,8-9,11-12H2,(H,22,25)(H,23,26). The number of rotatable bonds is 3. The van der Waals surface area contributed by atoms with Crippen molar-refractivity contribution in [1.29, 1.82) is 0 Å². The summed E-state index contributed by atoms with van der Waals surface area (Å²) in [4.78, 5) is 30.1. The number of amides is 1. The minimum absolute atomic E-state index is 0.122. The zero-order valence-electron chi connectivity index (χ0n) is 14.1. The number of nitrogens with one attached hydrogen (secondary N) is 2. The molecule has 0 bridgehead atoms. The molecule has 2 N–H and O–H groups in total. The van der Waals surface area contributed by atoms with Gasteiger partial charge < -0.3 is 10.3 Å². The summed E-state index contributed by atoms with van der Waals surface area (Å²) in [5.41, 5.74) is 2.71. The summed E-state index contributed by atoms with van der Waals surface area (Å²) in [6.45, 7) is 1.26. The van der Waals surface area contributed by atoms with Crippen LogP contribution >= 0.6 is 0 Å². The predicted molar refractivity (Wildman–Crippen MR) is 98.6 cm³/mol. The van der Waals surface area contributed by atoms with Gasteiger partial charge in [0, 0.05) is 47.4 Å². The molecule has 0 saturated heterocycles. The van der Waals surface area contributed by atoms with Gasteiger partial charge >= 0.3 is 0 Å². The van der Waals surface area contributed by atoms with Gasteiger partial charge in [0.1, 0.15) is 5.82 Å². The molecule has 132 valence electrons. The van der Waals surface area contributed by atoms with Gasteiger partial charge in [-0.1, -0.05) is 18.2 Å². The molecular weight excluding hydrogens is 333 g/mol. The van der Waals surface area contributed by atoms with Crippen LogP contribution in [0.2, 0.25) is 0 Å². The Hall–Kier alpha value is -2.99. The van der Waals surface area contributed by atoms with Crippen molar-refractivity contribution >= 4 is 22.5 Å². The van der Waals surface area contributed by atoms with Crippen molar-refractivity contribution in [3.05, 3.63) is 75.8 Å². The fraction of sp³-hybridized carbons (Fsp3) is 0.200. The number of hydrogen-bond acceptors (Lipinski definition) is 3. The van der Waals surface area contributed by atoms with E-state index in [9.17, 15) is 14.0 Å². The molecule has 0 spiro atoms. The number of nitrogens with zero attached hydrogens (tertiary/aromatic N) is 1. The molecule has 0 radical (unpaired) electrons. The van der Waals surface area contributed by atoms with Gasteiger partial charge in [-0.05, 0) is 30.3 Å². The van der Waals surface area contributed by atoms with Crippen LogP contribution in [-0.4, -0.2) is 28.9 Å². The van der Waals surface area contributed by atoms with Crippen LogP contribution in [0, 0.1) is 5.82 Å². The molecule has 1 aromatic heterocycles. The van der Waals surface area contributed by atoms with Gasteiger partial charge in [0.05, 0.1) is 6.54 Å². The highest BCUT2D eigenvalue weighted by atomic mass is 19.1.